The minimum Gasteiger partial charge on any atom is -0.352 e. The van der Waals surface area contributed by atoms with Crippen molar-refractivity contribution in [2.75, 3.05) is 11.5 Å². The minimum atomic E-state index is -0.222. The molecule has 2 heterocycles. The van der Waals surface area contributed by atoms with Crippen LogP contribution in [-0.2, 0) is 9.53 Å². The van der Waals surface area contributed by atoms with Gasteiger partial charge in [0.05, 0.1) is 17.0 Å². The summed E-state index contributed by atoms with van der Waals surface area (Å²) in [5.41, 5.74) is 0.948. The lowest BCUT2D eigenvalue weighted by Gasteiger charge is -2.44. The quantitative estimate of drug-likeness (QED) is 0.719. The first-order valence-electron chi connectivity index (χ1n) is 5.99. The first kappa shape index (κ1) is 11.8. The van der Waals surface area contributed by atoms with Crippen LogP contribution < -0.4 is 4.90 Å². The van der Waals surface area contributed by atoms with Gasteiger partial charge in [0, 0.05) is 11.0 Å². The average molecular weight is 261 g/mol. The molecule has 1 aromatic rings. The molecular weight excluding hydrogens is 246 g/mol. The first-order chi connectivity index (χ1) is 8.59. The standard InChI is InChI=1S/C14H15NO2S/c1-14(2)13-15(12(16)8-5-9-17-13)10-6-3-4-7-11(10)18-14/h3-8,13H,9H2,1-2H3. The number of para-hydroxylation sites is 1. The summed E-state index contributed by atoms with van der Waals surface area (Å²) in [5, 5.41) is 0. The predicted molar refractivity (Wildman–Crippen MR) is 72.7 cm³/mol. The molecule has 1 aromatic carbocycles. The van der Waals surface area contributed by atoms with E-state index in [0.717, 1.165) is 10.6 Å². The van der Waals surface area contributed by atoms with Crippen LogP contribution in [-0.4, -0.2) is 23.5 Å². The highest BCUT2D eigenvalue weighted by Crippen LogP contribution is 2.48. The second kappa shape index (κ2) is 4.14. The van der Waals surface area contributed by atoms with Gasteiger partial charge in [-0.1, -0.05) is 18.2 Å². The smallest absolute Gasteiger partial charge is 0.252 e. The fourth-order valence-corrected chi connectivity index (χ4v) is 3.66. The molecule has 0 N–H and O–H groups in total. The van der Waals surface area contributed by atoms with Crippen LogP contribution in [0.25, 0.3) is 0 Å². The topological polar surface area (TPSA) is 29.5 Å². The SMILES string of the molecule is CC1(C)Sc2ccccc2N2C(=O)C=CCOC21. The number of ether oxygens (including phenoxy) is 1. The maximum atomic E-state index is 12.2. The molecule has 1 atom stereocenters. The molecule has 0 aliphatic carbocycles. The van der Waals surface area contributed by atoms with Gasteiger partial charge in [0.25, 0.3) is 5.91 Å². The maximum absolute atomic E-state index is 12.2. The molecule has 18 heavy (non-hydrogen) atoms. The van der Waals surface area contributed by atoms with E-state index in [4.69, 9.17) is 4.74 Å². The van der Waals surface area contributed by atoms with Crippen molar-refractivity contribution in [1.82, 2.24) is 0 Å². The number of rotatable bonds is 0. The summed E-state index contributed by atoms with van der Waals surface area (Å²) < 4.78 is 5.69. The minimum absolute atomic E-state index is 0.00155. The number of hydrogen-bond donors (Lipinski definition) is 0. The van der Waals surface area contributed by atoms with Gasteiger partial charge >= 0.3 is 0 Å². The molecule has 2 aliphatic rings. The van der Waals surface area contributed by atoms with E-state index in [1.807, 2.05) is 18.2 Å². The van der Waals surface area contributed by atoms with Gasteiger partial charge < -0.3 is 4.74 Å². The number of carbonyl (C=O) groups excluding carboxylic acids is 1. The van der Waals surface area contributed by atoms with Gasteiger partial charge in [-0.05, 0) is 26.0 Å². The van der Waals surface area contributed by atoms with Crippen molar-refractivity contribution in [1.29, 1.82) is 0 Å². The van der Waals surface area contributed by atoms with Crippen molar-refractivity contribution in [2.45, 2.75) is 29.7 Å². The molecule has 0 radical (unpaired) electrons. The van der Waals surface area contributed by atoms with Gasteiger partial charge in [0.2, 0.25) is 0 Å². The lowest BCUT2D eigenvalue weighted by Crippen LogP contribution is -2.53. The number of fused-ring (bicyclic) bond motifs is 3. The van der Waals surface area contributed by atoms with E-state index in [0.29, 0.717) is 6.61 Å². The number of nitrogens with zero attached hydrogens (tertiary/aromatic N) is 1. The molecule has 0 fully saturated rings. The Morgan fingerprint density at radius 1 is 1.39 bits per heavy atom. The Morgan fingerprint density at radius 3 is 3.00 bits per heavy atom. The summed E-state index contributed by atoms with van der Waals surface area (Å²) in [6.07, 6.45) is 3.16. The van der Waals surface area contributed by atoms with Crippen molar-refractivity contribution in [2.24, 2.45) is 0 Å². The molecule has 1 amide bonds. The zero-order valence-electron chi connectivity index (χ0n) is 10.4. The van der Waals surface area contributed by atoms with Crippen molar-refractivity contribution in [3.05, 3.63) is 36.4 Å². The molecule has 4 heteroatoms. The van der Waals surface area contributed by atoms with Gasteiger partial charge in [-0.25, -0.2) is 0 Å². The zero-order chi connectivity index (χ0) is 12.8. The van der Waals surface area contributed by atoms with E-state index >= 15 is 0 Å². The Hall–Kier alpha value is -1.26. The van der Waals surface area contributed by atoms with E-state index in [-0.39, 0.29) is 16.9 Å². The van der Waals surface area contributed by atoms with E-state index in [2.05, 4.69) is 19.9 Å². The van der Waals surface area contributed by atoms with Crippen LogP contribution in [0.15, 0.2) is 41.3 Å². The van der Waals surface area contributed by atoms with Crippen molar-refractivity contribution < 1.29 is 9.53 Å². The Morgan fingerprint density at radius 2 is 2.17 bits per heavy atom. The number of thioether (sulfide) groups is 1. The summed E-state index contributed by atoms with van der Waals surface area (Å²) in [6.45, 7) is 4.72. The number of carbonyl (C=O) groups is 1. The van der Waals surface area contributed by atoms with E-state index < -0.39 is 0 Å². The maximum Gasteiger partial charge on any atom is 0.252 e. The molecule has 3 nitrogen and oxygen atoms in total. The number of hydrogen-bond acceptors (Lipinski definition) is 3. The summed E-state index contributed by atoms with van der Waals surface area (Å²) in [5.74, 6) is -0.00155. The molecular formula is C14H15NO2S. The third-order valence-corrected chi connectivity index (χ3v) is 4.47. The van der Waals surface area contributed by atoms with Crippen LogP contribution in [0.3, 0.4) is 0 Å². The van der Waals surface area contributed by atoms with Gasteiger partial charge in [0.1, 0.15) is 0 Å². The number of amides is 1. The van der Waals surface area contributed by atoms with Crippen LogP contribution in [0, 0.1) is 0 Å². The molecule has 0 saturated heterocycles. The second-order valence-corrected chi connectivity index (χ2v) is 6.67. The first-order valence-corrected chi connectivity index (χ1v) is 6.80. The Labute approximate surface area is 111 Å². The Bertz CT molecular complexity index is 524. The van der Waals surface area contributed by atoms with Crippen LogP contribution in [0.2, 0.25) is 0 Å². The zero-order valence-corrected chi connectivity index (χ0v) is 11.2. The molecule has 94 valence electrons. The molecule has 2 aliphatic heterocycles. The van der Waals surface area contributed by atoms with Crippen LogP contribution in [0.5, 0.6) is 0 Å². The second-order valence-electron chi connectivity index (χ2n) is 4.97. The molecule has 1 unspecified atom stereocenters. The van der Waals surface area contributed by atoms with Gasteiger partial charge in [-0.2, -0.15) is 0 Å². The average Bonchev–Trinajstić information content (AvgIpc) is 2.52. The number of benzene rings is 1. The van der Waals surface area contributed by atoms with E-state index in [1.165, 1.54) is 0 Å². The summed E-state index contributed by atoms with van der Waals surface area (Å²) in [6, 6.07) is 7.99. The predicted octanol–water partition coefficient (Wildman–Crippen LogP) is 2.82. The molecule has 0 spiro atoms. The summed E-state index contributed by atoms with van der Waals surface area (Å²) in [7, 11) is 0. The van der Waals surface area contributed by atoms with Gasteiger partial charge in [-0.3, -0.25) is 9.69 Å². The van der Waals surface area contributed by atoms with Gasteiger partial charge in [-0.15, -0.1) is 11.8 Å². The highest BCUT2D eigenvalue weighted by Gasteiger charge is 2.44. The normalized spacial score (nSPS) is 25.3. The lowest BCUT2D eigenvalue weighted by molar-refractivity contribution is -0.116. The third-order valence-electron chi connectivity index (χ3n) is 3.18. The van der Waals surface area contributed by atoms with Crippen molar-refractivity contribution >= 4 is 23.4 Å². The van der Waals surface area contributed by atoms with Crippen LogP contribution in [0.4, 0.5) is 5.69 Å². The fraction of sp³-hybridized carbons (Fsp3) is 0.357. The third kappa shape index (κ3) is 1.76. The molecule has 3 rings (SSSR count). The highest BCUT2D eigenvalue weighted by atomic mass is 32.2. The van der Waals surface area contributed by atoms with E-state index in [1.54, 1.807) is 28.8 Å². The molecule has 0 bridgehead atoms. The van der Waals surface area contributed by atoms with Crippen molar-refractivity contribution in [3.63, 3.8) is 0 Å². The number of anilines is 1. The summed E-state index contributed by atoms with van der Waals surface area (Å²) in [4.78, 5) is 15.2. The Kier molecular flexibility index (Phi) is 2.72. The van der Waals surface area contributed by atoms with Crippen molar-refractivity contribution in [3.8, 4) is 0 Å². The van der Waals surface area contributed by atoms with Gasteiger partial charge in [0.15, 0.2) is 6.23 Å². The Balaban J connectivity index is 2.16. The van der Waals surface area contributed by atoms with E-state index in [9.17, 15) is 4.79 Å². The summed E-state index contributed by atoms with van der Waals surface area (Å²) >= 11 is 1.76. The largest absolute Gasteiger partial charge is 0.352 e. The highest BCUT2D eigenvalue weighted by molar-refractivity contribution is 8.01. The molecule has 0 aromatic heterocycles. The van der Waals surface area contributed by atoms with Crippen LogP contribution >= 0.6 is 11.8 Å². The lowest BCUT2D eigenvalue weighted by atomic mass is 10.1. The monoisotopic (exact) mass is 261 g/mol. The van der Waals surface area contributed by atoms with Crippen LogP contribution in [0.1, 0.15) is 13.8 Å². The fourth-order valence-electron chi connectivity index (χ4n) is 2.40. The molecule has 0 saturated carbocycles.